The van der Waals surface area contributed by atoms with Gasteiger partial charge in [0.15, 0.2) is 5.82 Å². The zero-order valence-corrected chi connectivity index (χ0v) is 15.1. The molecule has 0 atom stereocenters. The van der Waals surface area contributed by atoms with Gasteiger partial charge < -0.3 is 15.0 Å². The highest BCUT2D eigenvalue weighted by Crippen LogP contribution is 2.28. The molecule has 0 unspecified atom stereocenters. The smallest absolute Gasteiger partial charge is 0.325 e. The van der Waals surface area contributed by atoms with Crippen LogP contribution in [0.3, 0.4) is 0 Å². The van der Waals surface area contributed by atoms with Gasteiger partial charge in [0.1, 0.15) is 11.4 Å². The number of nitrogens with one attached hydrogen (secondary N) is 2. The molecule has 2 aromatic heterocycles. The molecule has 0 radical (unpaired) electrons. The molecule has 1 aliphatic rings. The van der Waals surface area contributed by atoms with E-state index in [1.807, 2.05) is 30.5 Å². The predicted molar refractivity (Wildman–Crippen MR) is 97.6 cm³/mol. The lowest BCUT2D eigenvalue weighted by molar-refractivity contribution is -0.125. The van der Waals surface area contributed by atoms with Crippen LogP contribution in [0.2, 0.25) is 0 Å². The van der Waals surface area contributed by atoms with Gasteiger partial charge in [-0.15, -0.1) is 0 Å². The Hall–Kier alpha value is -3.20. The van der Waals surface area contributed by atoms with Crippen molar-refractivity contribution in [3.05, 3.63) is 36.3 Å². The number of aliphatic hydroxyl groups excluding tert-OH is 1. The van der Waals surface area contributed by atoms with Gasteiger partial charge in [0.25, 0.3) is 5.91 Å². The lowest BCUT2D eigenvalue weighted by atomic mass is 10.0. The SMILES string of the molecule is CC1(C)C(=O)NC(=O)N1Cc1nc(-c2c[nH]c3ccccc23)nn1CCO. The Morgan fingerprint density at radius 2 is 2.00 bits per heavy atom. The van der Waals surface area contributed by atoms with Crippen molar-refractivity contribution in [2.24, 2.45) is 0 Å². The molecule has 140 valence electrons. The second-order valence-corrected chi connectivity index (χ2v) is 6.95. The molecular weight excluding hydrogens is 348 g/mol. The van der Waals surface area contributed by atoms with Gasteiger partial charge in [0, 0.05) is 22.7 Å². The summed E-state index contributed by atoms with van der Waals surface area (Å²) in [6.07, 6.45) is 1.84. The number of aromatic nitrogens is 4. The number of para-hydroxylation sites is 1. The van der Waals surface area contributed by atoms with Crippen molar-refractivity contribution in [3.8, 4) is 11.4 Å². The molecule has 3 amide bonds. The van der Waals surface area contributed by atoms with E-state index in [2.05, 4.69) is 20.4 Å². The van der Waals surface area contributed by atoms with Crippen LogP contribution in [0.1, 0.15) is 19.7 Å². The molecule has 1 aliphatic heterocycles. The van der Waals surface area contributed by atoms with Crippen molar-refractivity contribution in [2.75, 3.05) is 6.61 Å². The molecule has 4 rings (SSSR count). The van der Waals surface area contributed by atoms with Crippen LogP contribution in [0.4, 0.5) is 4.79 Å². The van der Waals surface area contributed by atoms with Gasteiger partial charge in [-0.1, -0.05) is 18.2 Å². The van der Waals surface area contributed by atoms with Crippen LogP contribution in [0.5, 0.6) is 0 Å². The molecule has 0 aliphatic carbocycles. The third-order valence-corrected chi connectivity index (χ3v) is 4.89. The molecular formula is C18H20N6O3. The number of urea groups is 1. The summed E-state index contributed by atoms with van der Waals surface area (Å²) in [6, 6.07) is 7.36. The number of benzene rings is 1. The number of nitrogens with zero attached hydrogens (tertiary/aromatic N) is 4. The Balaban J connectivity index is 1.73. The molecule has 1 saturated heterocycles. The first kappa shape index (κ1) is 17.2. The lowest BCUT2D eigenvalue weighted by Gasteiger charge is -2.27. The number of carbonyl (C=O) groups excluding carboxylic acids is 2. The Morgan fingerprint density at radius 1 is 1.22 bits per heavy atom. The van der Waals surface area contributed by atoms with Crippen molar-refractivity contribution in [1.82, 2.24) is 30.0 Å². The van der Waals surface area contributed by atoms with Crippen LogP contribution >= 0.6 is 0 Å². The number of aromatic amines is 1. The summed E-state index contributed by atoms with van der Waals surface area (Å²) in [7, 11) is 0. The van der Waals surface area contributed by atoms with E-state index in [0.29, 0.717) is 11.6 Å². The van der Waals surface area contributed by atoms with E-state index in [1.165, 1.54) is 4.90 Å². The minimum Gasteiger partial charge on any atom is -0.394 e. The summed E-state index contributed by atoms with van der Waals surface area (Å²) >= 11 is 0. The van der Waals surface area contributed by atoms with Crippen LogP contribution in [0, 0.1) is 0 Å². The largest absolute Gasteiger partial charge is 0.394 e. The number of fused-ring (bicyclic) bond motifs is 1. The number of carbonyl (C=O) groups is 2. The molecule has 0 spiro atoms. The lowest BCUT2D eigenvalue weighted by Crippen LogP contribution is -2.44. The average Bonchev–Trinajstić information content (AvgIpc) is 3.27. The van der Waals surface area contributed by atoms with Crippen LogP contribution < -0.4 is 5.32 Å². The third-order valence-electron chi connectivity index (χ3n) is 4.89. The Bertz CT molecular complexity index is 1030. The van der Waals surface area contributed by atoms with Gasteiger partial charge in [-0.2, -0.15) is 5.10 Å². The van der Waals surface area contributed by atoms with E-state index in [4.69, 9.17) is 0 Å². The number of imide groups is 1. The van der Waals surface area contributed by atoms with E-state index < -0.39 is 11.6 Å². The summed E-state index contributed by atoms with van der Waals surface area (Å²) in [4.78, 5) is 33.4. The average molecular weight is 368 g/mol. The van der Waals surface area contributed by atoms with Gasteiger partial charge in [-0.05, 0) is 19.9 Å². The van der Waals surface area contributed by atoms with Gasteiger partial charge in [-0.25, -0.2) is 14.5 Å². The van der Waals surface area contributed by atoms with Crippen molar-refractivity contribution >= 4 is 22.8 Å². The van der Waals surface area contributed by atoms with E-state index in [-0.39, 0.29) is 25.6 Å². The monoisotopic (exact) mass is 368 g/mol. The summed E-state index contributed by atoms with van der Waals surface area (Å²) in [5.41, 5.74) is 0.830. The number of amides is 3. The second-order valence-electron chi connectivity index (χ2n) is 6.95. The maximum atomic E-state index is 12.2. The first-order chi connectivity index (χ1) is 12.9. The maximum Gasteiger partial charge on any atom is 0.325 e. The van der Waals surface area contributed by atoms with Crippen molar-refractivity contribution in [1.29, 1.82) is 0 Å². The first-order valence-electron chi connectivity index (χ1n) is 8.66. The summed E-state index contributed by atoms with van der Waals surface area (Å²) in [5, 5.41) is 17.2. The topological polar surface area (TPSA) is 116 Å². The van der Waals surface area contributed by atoms with Crippen LogP contribution in [0.25, 0.3) is 22.3 Å². The minimum absolute atomic E-state index is 0.111. The quantitative estimate of drug-likeness (QED) is 0.586. The zero-order valence-electron chi connectivity index (χ0n) is 15.1. The van der Waals surface area contributed by atoms with Crippen molar-refractivity contribution in [2.45, 2.75) is 32.5 Å². The van der Waals surface area contributed by atoms with Crippen LogP contribution in [0.15, 0.2) is 30.5 Å². The normalized spacial score (nSPS) is 16.3. The van der Waals surface area contributed by atoms with E-state index in [9.17, 15) is 14.7 Å². The molecule has 0 bridgehead atoms. The predicted octanol–water partition coefficient (Wildman–Crippen LogP) is 1.25. The maximum absolute atomic E-state index is 12.2. The summed E-state index contributed by atoms with van der Waals surface area (Å²) < 4.78 is 1.57. The first-order valence-corrected chi connectivity index (χ1v) is 8.66. The van der Waals surface area contributed by atoms with Crippen LogP contribution in [-0.2, 0) is 17.9 Å². The van der Waals surface area contributed by atoms with Crippen molar-refractivity contribution < 1.29 is 14.7 Å². The van der Waals surface area contributed by atoms with E-state index >= 15 is 0 Å². The van der Waals surface area contributed by atoms with Gasteiger partial charge in [-0.3, -0.25) is 10.1 Å². The fraction of sp³-hybridized carbons (Fsp3) is 0.333. The molecule has 3 aromatic rings. The number of H-pyrrole nitrogens is 1. The van der Waals surface area contributed by atoms with E-state index in [1.54, 1.807) is 18.5 Å². The standard InChI is InChI=1S/C18H20N6O3/c1-18(2)16(26)21-17(27)23(18)10-14-20-15(22-24(14)7-8-25)12-9-19-13-6-4-3-5-11(12)13/h3-6,9,19,25H,7-8,10H2,1-2H3,(H,21,26,27). The molecule has 9 nitrogen and oxygen atoms in total. The molecule has 1 aromatic carbocycles. The van der Waals surface area contributed by atoms with Crippen LogP contribution in [-0.4, -0.2) is 53.8 Å². The molecule has 27 heavy (non-hydrogen) atoms. The van der Waals surface area contributed by atoms with Gasteiger partial charge in [0.2, 0.25) is 0 Å². The third kappa shape index (κ3) is 2.76. The number of hydrogen-bond donors (Lipinski definition) is 3. The Kier molecular flexibility index (Phi) is 3.96. The minimum atomic E-state index is -0.978. The molecule has 1 fully saturated rings. The Morgan fingerprint density at radius 3 is 2.70 bits per heavy atom. The molecule has 0 saturated carbocycles. The summed E-state index contributed by atoms with van der Waals surface area (Å²) in [5.74, 6) is 0.652. The second kappa shape index (κ2) is 6.20. The van der Waals surface area contributed by atoms with E-state index in [0.717, 1.165) is 16.5 Å². The fourth-order valence-corrected chi connectivity index (χ4v) is 3.24. The fourth-order valence-electron chi connectivity index (χ4n) is 3.24. The highest BCUT2D eigenvalue weighted by atomic mass is 16.3. The number of aliphatic hydroxyl groups is 1. The number of hydrogen-bond acceptors (Lipinski definition) is 5. The van der Waals surface area contributed by atoms with Gasteiger partial charge >= 0.3 is 6.03 Å². The van der Waals surface area contributed by atoms with Gasteiger partial charge in [0.05, 0.1) is 19.7 Å². The molecule has 3 N–H and O–H groups in total. The number of rotatable bonds is 5. The summed E-state index contributed by atoms with van der Waals surface area (Å²) in [6.45, 7) is 3.60. The zero-order chi connectivity index (χ0) is 19.2. The van der Waals surface area contributed by atoms with Crippen molar-refractivity contribution in [3.63, 3.8) is 0 Å². The highest BCUT2D eigenvalue weighted by molar-refractivity contribution is 6.06. The molecule has 9 heteroatoms. The molecule has 3 heterocycles. The Labute approximate surface area is 155 Å². The highest BCUT2D eigenvalue weighted by Gasteiger charge is 2.46.